The first kappa shape index (κ1) is 22.1. The number of amides is 3. The largest absolute Gasteiger partial charge is 0.349 e. The highest BCUT2D eigenvalue weighted by Crippen LogP contribution is 2.28. The van der Waals surface area contributed by atoms with Gasteiger partial charge in [0.15, 0.2) is 17.5 Å². The van der Waals surface area contributed by atoms with Crippen molar-refractivity contribution in [2.75, 3.05) is 19.6 Å². The molecule has 9 heteroatoms. The van der Waals surface area contributed by atoms with Crippen LogP contribution in [-0.4, -0.2) is 58.7 Å². The summed E-state index contributed by atoms with van der Waals surface area (Å²) in [7, 11) is 0. The van der Waals surface area contributed by atoms with E-state index >= 15 is 0 Å². The van der Waals surface area contributed by atoms with Gasteiger partial charge in [0.2, 0.25) is 11.8 Å². The third-order valence-electron chi connectivity index (χ3n) is 5.71. The van der Waals surface area contributed by atoms with Crippen molar-refractivity contribution < 1.29 is 27.6 Å². The molecule has 0 spiro atoms. The lowest BCUT2D eigenvalue weighted by atomic mass is 10.0. The van der Waals surface area contributed by atoms with Crippen molar-refractivity contribution in [1.82, 2.24) is 15.1 Å². The molecule has 2 aliphatic heterocycles. The molecule has 2 saturated heterocycles. The van der Waals surface area contributed by atoms with Crippen molar-refractivity contribution in [3.05, 3.63) is 35.1 Å². The highest BCUT2D eigenvalue weighted by molar-refractivity contribution is 5.94. The van der Waals surface area contributed by atoms with E-state index in [-0.39, 0.29) is 35.7 Å². The molecule has 0 radical (unpaired) electrons. The normalized spacial score (nSPS) is 20.6. The number of carbonyl (C=O) groups excluding carboxylic acids is 3. The van der Waals surface area contributed by atoms with Gasteiger partial charge in [0.1, 0.15) is 0 Å². The number of halogens is 3. The number of hydrogen-bond acceptors (Lipinski definition) is 3. The Bertz CT molecular complexity index is 861. The first-order valence-electron chi connectivity index (χ1n) is 10.0. The fraction of sp³-hybridized carbons (Fsp3) is 0.571. The van der Waals surface area contributed by atoms with Gasteiger partial charge in [-0.25, -0.2) is 13.2 Å². The van der Waals surface area contributed by atoms with Crippen LogP contribution in [0.25, 0.3) is 0 Å². The summed E-state index contributed by atoms with van der Waals surface area (Å²) < 4.78 is 40.2. The van der Waals surface area contributed by atoms with Gasteiger partial charge >= 0.3 is 0 Å². The van der Waals surface area contributed by atoms with E-state index in [1.165, 1.54) is 0 Å². The molecule has 30 heavy (non-hydrogen) atoms. The fourth-order valence-corrected chi connectivity index (χ4v) is 3.99. The number of nitrogens with one attached hydrogen (secondary N) is 1. The van der Waals surface area contributed by atoms with Crippen LogP contribution < -0.4 is 5.32 Å². The van der Waals surface area contributed by atoms with E-state index in [9.17, 15) is 27.6 Å². The second-order valence-electron chi connectivity index (χ2n) is 8.87. The number of hydrogen-bond donors (Lipinski definition) is 1. The average Bonchev–Trinajstić information content (AvgIpc) is 3.08. The molecule has 6 nitrogen and oxygen atoms in total. The number of likely N-dealkylation sites (tertiary alicyclic amines) is 2. The summed E-state index contributed by atoms with van der Waals surface area (Å²) in [4.78, 5) is 40.7. The second-order valence-corrected chi connectivity index (χ2v) is 8.87. The molecule has 3 rings (SSSR count). The lowest BCUT2D eigenvalue weighted by molar-refractivity contribution is -0.136. The summed E-state index contributed by atoms with van der Waals surface area (Å²) in [6.45, 7) is 6.98. The third-order valence-corrected chi connectivity index (χ3v) is 5.71. The molecule has 1 aromatic rings. The Hall–Kier alpha value is -2.58. The Morgan fingerprint density at radius 2 is 1.70 bits per heavy atom. The average molecular weight is 425 g/mol. The van der Waals surface area contributed by atoms with E-state index in [2.05, 4.69) is 5.32 Å². The van der Waals surface area contributed by atoms with E-state index in [4.69, 9.17) is 0 Å². The van der Waals surface area contributed by atoms with Gasteiger partial charge in [-0.15, -0.1) is 0 Å². The standard InChI is InChI=1S/C21H26F3N3O3/c1-21(2,3)27-11-12(10-16(27)28)20(30)26-8-6-13(7-9-26)25-19(29)14-4-5-15(22)18(24)17(14)23/h4-5,12-13H,6-11H2,1-3H3,(H,25,29). The zero-order valence-corrected chi connectivity index (χ0v) is 17.3. The number of benzene rings is 1. The predicted molar refractivity (Wildman–Crippen MR) is 103 cm³/mol. The van der Waals surface area contributed by atoms with Gasteiger partial charge in [-0.2, -0.15) is 0 Å². The minimum absolute atomic E-state index is 0.0310. The third kappa shape index (κ3) is 4.44. The van der Waals surface area contributed by atoms with E-state index < -0.39 is 28.9 Å². The van der Waals surface area contributed by atoms with Crippen LogP contribution in [-0.2, 0) is 9.59 Å². The Morgan fingerprint density at radius 3 is 2.27 bits per heavy atom. The maximum Gasteiger partial charge on any atom is 0.254 e. The molecule has 2 fully saturated rings. The molecule has 1 aromatic carbocycles. The van der Waals surface area contributed by atoms with Crippen LogP contribution in [0.4, 0.5) is 13.2 Å². The zero-order chi connectivity index (χ0) is 22.2. The summed E-state index contributed by atoms with van der Waals surface area (Å²) in [6.07, 6.45) is 1.10. The van der Waals surface area contributed by atoms with Crippen molar-refractivity contribution in [1.29, 1.82) is 0 Å². The van der Waals surface area contributed by atoms with Gasteiger partial charge in [-0.3, -0.25) is 14.4 Å². The molecular weight excluding hydrogens is 399 g/mol. The topological polar surface area (TPSA) is 69.7 Å². The predicted octanol–water partition coefficient (Wildman–Crippen LogP) is 2.47. The Morgan fingerprint density at radius 1 is 1.07 bits per heavy atom. The van der Waals surface area contributed by atoms with Crippen molar-refractivity contribution in [3.63, 3.8) is 0 Å². The maximum absolute atomic E-state index is 13.8. The molecule has 3 amide bonds. The van der Waals surface area contributed by atoms with E-state index in [1.54, 1.807) is 9.80 Å². The van der Waals surface area contributed by atoms with Crippen LogP contribution >= 0.6 is 0 Å². The van der Waals surface area contributed by atoms with Gasteiger partial charge in [0.25, 0.3) is 5.91 Å². The van der Waals surface area contributed by atoms with Crippen LogP contribution in [0.5, 0.6) is 0 Å². The van der Waals surface area contributed by atoms with Crippen LogP contribution in [0.3, 0.4) is 0 Å². The Labute approximate surface area is 173 Å². The SMILES string of the molecule is CC(C)(C)N1CC(C(=O)N2CCC(NC(=O)c3ccc(F)c(F)c3F)CC2)CC1=O. The number of piperidine rings is 1. The summed E-state index contributed by atoms with van der Waals surface area (Å²) in [6, 6.07) is 1.29. The molecule has 1 unspecified atom stereocenters. The Balaban J connectivity index is 1.54. The van der Waals surface area contributed by atoms with Crippen molar-refractivity contribution in [2.24, 2.45) is 5.92 Å². The smallest absolute Gasteiger partial charge is 0.254 e. The summed E-state index contributed by atoms with van der Waals surface area (Å²) in [5.41, 5.74) is -0.891. The van der Waals surface area contributed by atoms with Crippen LogP contribution in [0.1, 0.15) is 50.4 Å². The minimum atomic E-state index is -1.68. The minimum Gasteiger partial charge on any atom is -0.349 e. The molecule has 2 aliphatic rings. The fourth-order valence-electron chi connectivity index (χ4n) is 3.99. The van der Waals surface area contributed by atoms with E-state index in [0.717, 1.165) is 6.07 Å². The molecule has 2 heterocycles. The molecule has 164 valence electrons. The summed E-state index contributed by atoms with van der Waals surface area (Å²) >= 11 is 0. The molecule has 0 aliphatic carbocycles. The highest BCUT2D eigenvalue weighted by atomic mass is 19.2. The van der Waals surface area contributed by atoms with Gasteiger partial charge in [0, 0.05) is 37.6 Å². The van der Waals surface area contributed by atoms with Crippen molar-refractivity contribution in [3.8, 4) is 0 Å². The van der Waals surface area contributed by atoms with Crippen LogP contribution in [0.2, 0.25) is 0 Å². The maximum atomic E-state index is 13.8. The summed E-state index contributed by atoms with van der Waals surface area (Å²) in [5.74, 6) is -5.86. The monoisotopic (exact) mass is 425 g/mol. The second kappa shape index (κ2) is 8.28. The molecule has 0 saturated carbocycles. The van der Waals surface area contributed by atoms with Gasteiger partial charge in [-0.1, -0.05) is 0 Å². The van der Waals surface area contributed by atoms with Crippen LogP contribution in [0, 0.1) is 23.4 Å². The first-order valence-corrected chi connectivity index (χ1v) is 10.0. The highest BCUT2D eigenvalue weighted by Gasteiger charge is 2.41. The van der Waals surface area contributed by atoms with Crippen molar-refractivity contribution >= 4 is 17.7 Å². The zero-order valence-electron chi connectivity index (χ0n) is 17.3. The number of rotatable bonds is 3. The number of nitrogens with zero attached hydrogens (tertiary/aromatic N) is 2. The van der Waals surface area contributed by atoms with E-state index in [1.807, 2.05) is 20.8 Å². The van der Waals surface area contributed by atoms with Gasteiger partial charge in [0.05, 0.1) is 11.5 Å². The van der Waals surface area contributed by atoms with Crippen LogP contribution in [0.15, 0.2) is 12.1 Å². The molecule has 0 bridgehead atoms. The number of carbonyl (C=O) groups is 3. The molecule has 0 aromatic heterocycles. The van der Waals surface area contributed by atoms with Gasteiger partial charge in [-0.05, 0) is 45.7 Å². The summed E-state index contributed by atoms with van der Waals surface area (Å²) in [5, 5.41) is 2.62. The quantitative estimate of drug-likeness (QED) is 0.757. The lowest BCUT2D eigenvalue weighted by Crippen LogP contribution is -2.49. The molecule has 1 atom stereocenters. The molecule has 1 N–H and O–H groups in total. The lowest BCUT2D eigenvalue weighted by Gasteiger charge is -2.35. The first-order chi connectivity index (χ1) is 14.0. The van der Waals surface area contributed by atoms with Gasteiger partial charge < -0.3 is 15.1 Å². The van der Waals surface area contributed by atoms with E-state index in [0.29, 0.717) is 38.5 Å². The Kier molecular flexibility index (Phi) is 6.10. The van der Waals surface area contributed by atoms with Crippen molar-refractivity contribution in [2.45, 2.75) is 51.6 Å². The molecular formula is C21H26F3N3O3.